The molecule has 24 heavy (non-hydrogen) atoms. The third kappa shape index (κ3) is 4.71. The van der Waals surface area contributed by atoms with Gasteiger partial charge in [-0.25, -0.2) is 4.68 Å². The topological polar surface area (TPSA) is 97.6 Å². The highest BCUT2D eigenvalue weighted by Crippen LogP contribution is 2.20. The lowest BCUT2D eigenvalue weighted by atomic mass is 10.1. The largest absolute Gasteiger partial charge is 0.317 e. The number of nitrogens with zero attached hydrogens (tertiary/aromatic N) is 5. The molecule has 2 N–H and O–H groups in total. The Kier molecular flexibility index (Phi) is 6.64. The quantitative estimate of drug-likeness (QED) is 0.833. The van der Waals surface area contributed by atoms with Crippen LogP contribution in [0.4, 0.5) is 5.13 Å². The first-order valence-electron chi connectivity index (χ1n) is 7.88. The fraction of sp³-hybridized carbons (Fsp3) is 0.643. The maximum absolute atomic E-state index is 12.2. The van der Waals surface area contributed by atoms with Crippen molar-refractivity contribution in [3.05, 3.63) is 16.9 Å². The molecule has 1 aliphatic rings. The molecule has 1 aliphatic heterocycles. The highest BCUT2D eigenvalue weighted by Gasteiger charge is 2.19. The standard InChI is InChI=1S/C14H21N7OS.ClH/c1-9(2)7-12-18-19-14(23-12)16-13(22)11-8-21(20-17-11)10-3-5-15-6-4-10;/h8-10,15H,3-7H2,1-2H3,(H,16,19,22);1H. The van der Waals surface area contributed by atoms with Crippen molar-refractivity contribution < 1.29 is 4.79 Å². The van der Waals surface area contributed by atoms with Crippen LogP contribution in [0.15, 0.2) is 6.20 Å². The molecule has 1 fully saturated rings. The summed E-state index contributed by atoms with van der Waals surface area (Å²) in [5.74, 6) is 0.216. The average Bonchev–Trinajstić information content (AvgIpc) is 3.17. The molecule has 3 heterocycles. The van der Waals surface area contributed by atoms with Crippen molar-refractivity contribution in [2.24, 2.45) is 5.92 Å². The van der Waals surface area contributed by atoms with Crippen LogP contribution < -0.4 is 10.6 Å². The van der Waals surface area contributed by atoms with Crippen molar-refractivity contribution in [2.45, 2.75) is 39.2 Å². The van der Waals surface area contributed by atoms with Gasteiger partial charge in [0, 0.05) is 6.42 Å². The smallest absolute Gasteiger partial charge is 0.279 e. The van der Waals surface area contributed by atoms with Crippen LogP contribution in [-0.2, 0) is 6.42 Å². The summed E-state index contributed by atoms with van der Waals surface area (Å²) in [5, 5.41) is 23.6. The van der Waals surface area contributed by atoms with Crippen LogP contribution in [0.3, 0.4) is 0 Å². The van der Waals surface area contributed by atoms with Crippen molar-refractivity contribution in [3.63, 3.8) is 0 Å². The third-order valence-electron chi connectivity index (χ3n) is 3.70. The molecule has 0 aliphatic carbocycles. The van der Waals surface area contributed by atoms with Gasteiger partial charge in [0.1, 0.15) is 5.01 Å². The summed E-state index contributed by atoms with van der Waals surface area (Å²) in [6.45, 7) is 6.18. The second-order valence-electron chi connectivity index (χ2n) is 6.12. The molecule has 0 aromatic carbocycles. The van der Waals surface area contributed by atoms with Crippen LogP contribution in [0.2, 0.25) is 0 Å². The molecule has 10 heteroatoms. The van der Waals surface area contributed by atoms with Crippen molar-refractivity contribution >= 4 is 34.8 Å². The van der Waals surface area contributed by atoms with Crippen molar-refractivity contribution in [1.29, 1.82) is 0 Å². The van der Waals surface area contributed by atoms with Crippen molar-refractivity contribution in [2.75, 3.05) is 18.4 Å². The van der Waals surface area contributed by atoms with Gasteiger partial charge < -0.3 is 5.32 Å². The van der Waals surface area contributed by atoms with E-state index in [9.17, 15) is 4.79 Å². The van der Waals surface area contributed by atoms with Crippen LogP contribution in [0.25, 0.3) is 0 Å². The number of nitrogens with one attached hydrogen (secondary N) is 2. The van der Waals surface area contributed by atoms with E-state index in [1.807, 2.05) is 0 Å². The summed E-state index contributed by atoms with van der Waals surface area (Å²) in [4.78, 5) is 12.2. The molecule has 0 spiro atoms. The lowest BCUT2D eigenvalue weighted by molar-refractivity contribution is 0.102. The lowest BCUT2D eigenvalue weighted by Crippen LogP contribution is -2.29. The summed E-state index contributed by atoms with van der Waals surface area (Å²) >= 11 is 1.40. The number of anilines is 1. The summed E-state index contributed by atoms with van der Waals surface area (Å²) in [6, 6.07) is 0.310. The lowest BCUT2D eigenvalue weighted by Gasteiger charge is -2.21. The number of aromatic nitrogens is 5. The van der Waals surface area contributed by atoms with E-state index in [1.54, 1.807) is 10.9 Å². The first-order valence-corrected chi connectivity index (χ1v) is 8.69. The number of hydrogen-bond acceptors (Lipinski definition) is 7. The minimum Gasteiger partial charge on any atom is -0.317 e. The van der Waals surface area contributed by atoms with E-state index in [4.69, 9.17) is 0 Å². The van der Waals surface area contributed by atoms with Gasteiger partial charge in [0.2, 0.25) is 5.13 Å². The Labute approximate surface area is 150 Å². The van der Waals surface area contributed by atoms with Gasteiger partial charge in [-0.3, -0.25) is 10.1 Å². The van der Waals surface area contributed by atoms with Gasteiger partial charge >= 0.3 is 0 Å². The molecular weight excluding hydrogens is 350 g/mol. The van der Waals surface area contributed by atoms with E-state index in [2.05, 4.69) is 45.0 Å². The van der Waals surface area contributed by atoms with Crippen molar-refractivity contribution in [3.8, 4) is 0 Å². The van der Waals surface area contributed by atoms with Crippen LogP contribution in [-0.4, -0.2) is 44.2 Å². The maximum atomic E-state index is 12.2. The van der Waals surface area contributed by atoms with Gasteiger partial charge in [0.25, 0.3) is 5.91 Å². The number of hydrogen-bond donors (Lipinski definition) is 2. The number of carbonyl (C=O) groups is 1. The van der Waals surface area contributed by atoms with E-state index in [0.717, 1.165) is 37.4 Å². The van der Waals surface area contributed by atoms with E-state index >= 15 is 0 Å². The van der Waals surface area contributed by atoms with E-state index in [-0.39, 0.29) is 18.3 Å². The predicted molar refractivity (Wildman–Crippen MR) is 94.8 cm³/mol. The highest BCUT2D eigenvalue weighted by molar-refractivity contribution is 7.15. The molecule has 8 nitrogen and oxygen atoms in total. The average molecular weight is 372 g/mol. The molecular formula is C14H22ClN7OS. The molecule has 0 atom stereocenters. The molecule has 0 radical (unpaired) electrons. The fourth-order valence-corrected chi connectivity index (χ4v) is 3.47. The second-order valence-corrected chi connectivity index (χ2v) is 7.18. The Morgan fingerprint density at radius 1 is 1.38 bits per heavy atom. The molecule has 0 saturated carbocycles. The normalized spacial score (nSPS) is 15.3. The maximum Gasteiger partial charge on any atom is 0.279 e. The fourth-order valence-electron chi connectivity index (χ4n) is 2.53. The molecule has 132 valence electrons. The van der Waals surface area contributed by atoms with Gasteiger partial charge in [0.05, 0.1) is 12.2 Å². The Bertz CT molecular complexity index is 666. The Balaban J connectivity index is 0.00000208. The SMILES string of the molecule is CC(C)Cc1nnc(NC(=O)c2cn(C3CCNCC3)nn2)s1.Cl. The van der Waals surface area contributed by atoms with Gasteiger partial charge in [0.15, 0.2) is 5.69 Å². The summed E-state index contributed by atoms with van der Waals surface area (Å²) in [6.07, 6.45) is 4.57. The zero-order valence-corrected chi connectivity index (χ0v) is 15.4. The monoisotopic (exact) mass is 371 g/mol. The Hall–Kier alpha value is -1.58. The summed E-state index contributed by atoms with van der Waals surface area (Å²) in [5.41, 5.74) is 0.309. The zero-order valence-electron chi connectivity index (χ0n) is 13.7. The van der Waals surface area contributed by atoms with Crippen LogP contribution in [0.1, 0.15) is 48.2 Å². The molecule has 2 aromatic rings. The predicted octanol–water partition coefficient (Wildman–Crippen LogP) is 1.93. The number of amides is 1. The zero-order chi connectivity index (χ0) is 16.2. The minimum atomic E-state index is -0.294. The van der Waals surface area contributed by atoms with Crippen LogP contribution >= 0.6 is 23.7 Å². The second kappa shape index (κ2) is 8.50. The van der Waals surface area contributed by atoms with E-state index in [1.165, 1.54) is 11.3 Å². The Morgan fingerprint density at radius 3 is 2.83 bits per heavy atom. The third-order valence-corrected chi connectivity index (χ3v) is 4.56. The highest BCUT2D eigenvalue weighted by atomic mass is 35.5. The molecule has 1 saturated heterocycles. The van der Waals surface area contributed by atoms with Gasteiger partial charge in [-0.1, -0.05) is 30.4 Å². The Morgan fingerprint density at radius 2 is 2.12 bits per heavy atom. The van der Waals surface area contributed by atoms with Crippen LogP contribution in [0.5, 0.6) is 0 Å². The first-order chi connectivity index (χ1) is 11.1. The number of carbonyl (C=O) groups excluding carboxylic acids is 1. The molecule has 0 bridgehead atoms. The number of halogens is 1. The molecule has 0 unspecified atom stereocenters. The number of rotatable bonds is 5. The minimum absolute atomic E-state index is 0. The van der Waals surface area contributed by atoms with Gasteiger partial charge in [-0.15, -0.1) is 27.7 Å². The molecule has 3 rings (SSSR count). The van der Waals surface area contributed by atoms with E-state index in [0.29, 0.717) is 22.8 Å². The number of piperidine rings is 1. The van der Waals surface area contributed by atoms with Crippen molar-refractivity contribution in [1.82, 2.24) is 30.5 Å². The van der Waals surface area contributed by atoms with Crippen LogP contribution in [0, 0.1) is 5.92 Å². The first kappa shape index (κ1) is 18.8. The van der Waals surface area contributed by atoms with Gasteiger partial charge in [-0.2, -0.15) is 0 Å². The summed E-state index contributed by atoms with van der Waals surface area (Å²) in [7, 11) is 0. The molecule has 1 amide bonds. The van der Waals surface area contributed by atoms with E-state index < -0.39 is 0 Å². The molecule has 2 aromatic heterocycles. The summed E-state index contributed by atoms with van der Waals surface area (Å²) < 4.78 is 1.79. The van der Waals surface area contributed by atoms with Gasteiger partial charge in [-0.05, 0) is 31.8 Å².